The van der Waals surface area contributed by atoms with Crippen molar-refractivity contribution in [3.8, 4) is 0 Å². The van der Waals surface area contributed by atoms with Crippen molar-refractivity contribution in [1.29, 1.82) is 0 Å². The van der Waals surface area contributed by atoms with Crippen LogP contribution in [0.4, 0.5) is 0 Å². The first-order chi connectivity index (χ1) is 7.63. The second-order valence-corrected chi connectivity index (χ2v) is 6.29. The van der Waals surface area contributed by atoms with Crippen LogP contribution in [0.25, 0.3) is 0 Å². The molecule has 1 atom stereocenters. The summed E-state index contributed by atoms with van der Waals surface area (Å²) in [5.41, 5.74) is 0. The number of hydrogen-bond acceptors (Lipinski definition) is 5. The first kappa shape index (κ1) is 11.6. The third-order valence-electron chi connectivity index (χ3n) is 2.78. The molecule has 1 aromatic heterocycles. The summed E-state index contributed by atoms with van der Waals surface area (Å²) in [5, 5.41) is 8.15. The maximum Gasteiger partial charge on any atom is 0.212 e. The van der Waals surface area contributed by atoms with Crippen molar-refractivity contribution in [3.05, 3.63) is 17.8 Å². The van der Waals surface area contributed by atoms with E-state index in [1.54, 1.807) is 0 Å². The molecule has 0 radical (unpaired) electrons. The molecule has 0 aromatic carbocycles. The molecule has 1 saturated heterocycles. The van der Waals surface area contributed by atoms with E-state index in [1.165, 1.54) is 6.20 Å². The largest absolute Gasteiger partial charge is 0.444 e. The summed E-state index contributed by atoms with van der Waals surface area (Å²) in [6, 6.07) is 0. The van der Waals surface area contributed by atoms with Crippen molar-refractivity contribution in [3.63, 3.8) is 0 Å². The molecule has 2 heterocycles. The lowest BCUT2D eigenvalue weighted by Gasteiger charge is -2.19. The molecule has 6 heteroatoms. The second-order valence-electron chi connectivity index (χ2n) is 3.99. The van der Waals surface area contributed by atoms with Gasteiger partial charge in [-0.1, -0.05) is 6.42 Å². The maximum atomic E-state index is 11.8. The summed E-state index contributed by atoms with van der Waals surface area (Å²) in [5.74, 6) is 1.04. The Bertz CT molecular complexity index is 451. The van der Waals surface area contributed by atoms with E-state index in [4.69, 9.17) is 9.52 Å². The highest BCUT2D eigenvalue weighted by Gasteiger charge is 2.33. The van der Waals surface area contributed by atoms with Gasteiger partial charge in [-0.2, -0.15) is 0 Å². The molecule has 0 bridgehead atoms. The number of nitrogens with zero attached hydrogens (tertiary/aromatic N) is 1. The first-order valence-electron chi connectivity index (χ1n) is 5.40. The Labute approximate surface area is 94.4 Å². The number of aliphatic hydroxyl groups excluding tert-OH is 1. The molecule has 0 saturated carbocycles. The molecule has 90 valence electrons. The number of sulfone groups is 1. The summed E-state index contributed by atoms with van der Waals surface area (Å²) in [4.78, 5) is 4.00. The summed E-state index contributed by atoms with van der Waals surface area (Å²) < 4.78 is 28.9. The van der Waals surface area contributed by atoms with Crippen LogP contribution in [0.1, 0.15) is 36.2 Å². The maximum absolute atomic E-state index is 11.8. The van der Waals surface area contributed by atoms with Crippen LogP contribution in [0.3, 0.4) is 0 Å². The quantitative estimate of drug-likeness (QED) is 0.853. The van der Waals surface area contributed by atoms with Crippen molar-refractivity contribution in [1.82, 2.24) is 4.98 Å². The predicted octanol–water partition coefficient (Wildman–Crippen LogP) is 0.849. The number of aliphatic hydroxyl groups is 1. The molecule has 1 aliphatic rings. The molecule has 0 aliphatic carbocycles. The van der Waals surface area contributed by atoms with E-state index in [9.17, 15) is 8.42 Å². The van der Waals surface area contributed by atoms with E-state index >= 15 is 0 Å². The minimum atomic E-state index is -3.10. The van der Waals surface area contributed by atoms with Gasteiger partial charge in [0, 0.05) is 6.42 Å². The average molecular weight is 245 g/mol. The van der Waals surface area contributed by atoms with Crippen LogP contribution in [0.2, 0.25) is 0 Å². The van der Waals surface area contributed by atoms with Gasteiger partial charge in [0.25, 0.3) is 0 Å². The number of aromatic nitrogens is 1. The molecule has 1 fully saturated rings. The van der Waals surface area contributed by atoms with Crippen LogP contribution >= 0.6 is 0 Å². The Hall–Kier alpha value is -0.880. The van der Waals surface area contributed by atoms with Crippen molar-refractivity contribution in [2.75, 3.05) is 12.4 Å². The zero-order valence-electron chi connectivity index (χ0n) is 8.92. The van der Waals surface area contributed by atoms with Crippen LogP contribution in [0.15, 0.2) is 10.6 Å². The van der Waals surface area contributed by atoms with Gasteiger partial charge >= 0.3 is 0 Å². The third kappa shape index (κ3) is 2.27. The van der Waals surface area contributed by atoms with E-state index in [2.05, 4.69) is 4.98 Å². The number of rotatable bonds is 3. The van der Waals surface area contributed by atoms with Gasteiger partial charge in [0.1, 0.15) is 11.0 Å². The van der Waals surface area contributed by atoms with Crippen LogP contribution in [0, 0.1) is 0 Å². The summed E-state index contributed by atoms with van der Waals surface area (Å²) in [6.07, 6.45) is 4.07. The fourth-order valence-corrected chi connectivity index (χ4v) is 3.76. The Balaban J connectivity index is 2.22. The summed E-state index contributed by atoms with van der Waals surface area (Å²) in [6.45, 7) is -0.0218. The number of oxazole rings is 1. The molecular weight excluding hydrogens is 230 g/mol. The minimum Gasteiger partial charge on any atom is -0.444 e. The lowest BCUT2D eigenvalue weighted by Crippen LogP contribution is -2.21. The average Bonchev–Trinajstić information content (AvgIpc) is 2.66. The van der Waals surface area contributed by atoms with Crippen molar-refractivity contribution >= 4 is 9.84 Å². The van der Waals surface area contributed by atoms with Crippen molar-refractivity contribution in [2.45, 2.75) is 30.9 Å². The molecule has 1 unspecified atom stereocenters. The normalized spacial score (nSPS) is 24.4. The second kappa shape index (κ2) is 4.55. The Morgan fingerprint density at radius 1 is 1.50 bits per heavy atom. The molecule has 1 aromatic rings. The van der Waals surface area contributed by atoms with E-state index in [-0.39, 0.29) is 18.3 Å². The molecule has 1 N–H and O–H groups in total. The third-order valence-corrected chi connectivity index (χ3v) is 4.95. The van der Waals surface area contributed by atoms with Crippen LogP contribution < -0.4 is 0 Å². The highest BCUT2D eigenvalue weighted by atomic mass is 32.2. The van der Waals surface area contributed by atoms with Gasteiger partial charge in [-0.3, -0.25) is 0 Å². The van der Waals surface area contributed by atoms with E-state index in [0.717, 1.165) is 12.8 Å². The van der Waals surface area contributed by atoms with Crippen LogP contribution in [0.5, 0.6) is 0 Å². The lowest BCUT2D eigenvalue weighted by molar-refractivity contribution is 0.285. The number of hydrogen-bond donors (Lipinski definition) is 1. The van der Waals surface area contributed by atoms with E-state index in [1.807, 2.05) is 0 Å². The Morgan fingerprint density at radius 3 is 3.00 bits per heavy atom. The standard InChI is InChI=1S/C10H15NO4S/c12-5-4-8-7-11-10(15-8)9-3-1-2-6-16(9,13)14/h7,9,12H,1-6H2. The first-order valence-corrected chi connectivity index (χ1v) is 7.12. The molecule has 0 amide bonds. The smallest absolute Gasteiger partial charge is 0.212 e. The highest BCUT2D eigenvalue weighted by molar-refractivity contribution is 7.91. The zero-order valence-corrected chi connectivity index (χ0v) is 9.74. The molecule has 16 heavy (non-hydrogen) atoms. The predicted molar refractivity (Wildman–Crippen MR) is 57.7 cm³/mol. The monoisotopic (exact) mass is 245 g/mol. The SMILES string of the molecule is O=S1(=O)CCCCC1c1ncc(CCO)o1. The summed E-state index contributed by atoms with van der Waals surface area (Å²) in [7, 11) is -3.10. The van der Waals surface area contributed by atoms with Crippen LogP contribution in [-0.4, -0.2) is 30.9 Å². The van der Waals surface area contributed by atoms with Gasteiger partial charge in [0.05, 0.1) is 18.6 Å². The zero-order chi connectivity index (χ0) is 11.6. The van der Waals surface area contributed by atoms with Gasteiger partial charge in [-0.15, -0.1) is 0 Å². The van der Waals surface area contributed by atoms with Crippen LogP contribution in [-0.2, 0) is 16.3 Å². The lowest BCUT2D eigenvalue weighted by atomic mass is 10.2. The molecule has 2 rings (SSSR count). The van der Waals surface area contributed by atoms with E-state index in [0.29, 0.717) is 18.6 Å². The van der Waals surface area contributed by atoms with Gasteiger partial charge < -0.3 is 9.52 Å². The fourth-order valence-electron chi connectivity index (χ4n) is 1.93. The highest BCUT2D eigenvalue weighted by Crippen LogP contribution is 2.32. The van der Waals surface area contributed by atoms with Gasteiger partial charge in [0.2, 0.25) is 5.89 Å². The molecule has 0 spiro atoms. The fraction of sp³-hybridized carbons (Fsp3) is 0.700. The molecule has 5 nitrogen and oxygen atoms in total. The van der Waals surface area contributed by atoms with Gasteiger partial charge in [-0.25, -0.2) is 13.4 Å². The Kier molecular flexibility index (Phi) is 3.30. The van der Waals surface area contributed by atoms with Crippen molar-refractivity contribution in [2.24, 2.45) is 0 Å². The van der Waals surface area contributed by atoms with Crippen molar-refractivity contribution < 1.29 is 17.9 Å². The topological polar surface area (TPSA) is 80.4 Å². The van der Waals surface area contributed by atoms with E-state index < -0.39 is 15.1 Å². The van der Waals surface area contributed by atoms with Gasteiger partial charge in [-0.05, 0) is 12.8 Å². The molecule has 1 aliphatic heterocycles. The molecular formula is C10H15NO4S. The Morgan fingerprint density at radius 2 is 2.31 bits per heavy atom. The van der Waals surface area contributed by atoms with Gasteiger partial charge in [0.15, 0.2) is 9.84 Å². The minimum absolute atomic E-state index is 0.0218. The summed E-state index contributed by atoms with van der Waals surface area (Å²) >= 11 is 0.